The fraction of sp³-hybridized carbons (Fsp3) is 0.219. The van der Waals surface area contributed by atoms with Crippen LogP contribution in [0.1, 0.15) is 39.3 Å². The SMILES string of the molecule is O=C(O)c1ccc2nc(Cc3ccc(-c4cccc(OCc5ccc(C(F)(F)F)cc5F)n4)cc3F)n(CC3CCO3)c2c1. The predicted octanol–water partition coefficient (Wildman–Crippen LogP) is 7.05. The van der Waals surface area contributed by atoms with Crippen LogP contribution in [0.15, 0.2) is 72.8 Å². The Kier molecular flexibility index (Phi) is 7.76. The van der Waals surface area contributed by atoms with E-state index in [4.69, 9.17) is 9.47 Å². The van der Waals surface area contributed by atoms with Gasteiger partial charge in [-0.05, 0) is 54.4 Å². The van der Waals surface area contributed by atoms with Crippen LogP contribution in [0, 0.1) is 11.6 Å². The molecule has 3 heterocycles. The first-order valence-corrected chi connectivity index (χ1v) is 13.6. The first-order valence-electron chi connectivity index (χ1n) is 13.6. The van der Waals surface area contributed by atoms with Crippen LogP contribution in [0.3, 0.4) is 0 Å². The first kappa shape index (κ1) is 29.2. The molecule has 0 spiro atoms. The number of carboxylic acid groups (broad SMARTS) is 1. The van der Waals surface area contributed by atoms with Crippen molar-refractivity contribution in [1.29, 1.82) is 0 Å². The lowest BCUT2D eigenvalue weighted by molar-refractivity contribution is -0.137. The lowest BCUT2D eigenvalue weighted by Crippen LogP contribution is -2.31. The number of nitrogens with zero attached hydrogens (tertiary/aromatic N) is 3. The third kappa shape index (κ3) is 6.11. The summed E-state index contributed by atoms with van der Waals surface area (Å²) in [4.78, 5) is 20.5. The summed E-state index contributed by atoms with van der Waals surface area (Å²) in [7, 11) is 0. The Morgan fingerprint density at radius 1 is 0.977 bits per heavy atom. The summed E-state index contributed by atoms with van der Waals surface area (Å²) in [6.07, 6.45) is -3.70. The zero-order chi connectivity index (χ0) is 31.0. The van der Waals surface area contributed by atoms with Crippen LogP contribution in [0.4, 0.5) is 22.0 Å². The van der Waals surface area contributed by atoms with Gasteiger partial charge < -0.3 is 19.1 Å². The van der Waals surface area contributed by atoms with E-state index in [1.54, 1.807) is 36.4 Å². The van der Waals surface area contributed by atoms with Gasteiger partial charge in [-0.1, -0.05) is 24.3 Å². The molecule has 6 rings (SSSR count). The molecule has 0 amide bonds. The van der Waals surface area contributed by atoms with Crippen molar-refractivity contribution < 1.29 is 41.3 Å². The third-order valence-electron chi connectivity index (χ3n) is 7.43. The Morgan fingerprint density at radius 2 is 1.75 bits per heavy atom. The largest absolute Gasteiger partial charge is 0.478 e. The lowest BCUT2D eigenvalue weighted by Gasteiger charge is -2.27. The maximum Gasteiger partial charge on any atom is 0.416 e. The Hall–Kier alpha value is -4.84. The third-order valence-corrected chi connectivity index (χ3v) is 7.43. The fourth-order valence-electron chi connectivity index (χ4n) is 4.95. The number of fused-ring (bicyclic) bond motifs is 1. The minimum atomic E-state index is -4.66. The average molecular weight is 610 g/mol. The van der Waals surface area contributed by atoms with Crippen molar-refractivity contribution in [3.8, 4) is 17.1 Å². The molecule has 1 unspecified atom stereocenters. The number of aromatic nitrogens is 3. The molecule has 7 nitrogen and oxygen atoms in total. The number of benzene rings is 3. The molecular weight excluding hydrogens is 585 g/mol. The summed E-state index contributed by atoms with van der Waals surface area (Å²) in [5.74, 6) is -1.97. The van der Waals surface area contributed by atoms with Gasteiger partial charge in [0.25, 0.3) is 0 Å². The van der Waals surface area contributed by atoms with Gasteiger partial charge in [-0.25, -0.2) is 23.5 Å². The second kappa shape index (κ2) is 11.7. The van der Waals surface area contributed by atoms with E-state index in [2.05, 4.69) is 9.97 Å². The molecule has 1 fully saturated rings. The Balaban J connectivity index is 1.21. The molecule has 1 N–H and O–H groups in total. The van der Waals surface area contributed by atoms with Crippen molar-refractivity contribution in [1.82, 2.24) is 14.5 Å². The molecule has 1 atom stereocenters. The van der Waals surface area contributed by atoms with E-state index in [0.717, 1.165) is 18.6 Å². The van der Waals surface area contributed by atoms with Crippen LogP contribution in [0.2, 0.25) is 0 Å². The molecule has 0 saturated carbocycles. The molecule has 2 aromatic heterocycles. The fourth-order valence-corrected chi connectivity index (χ4v) is 4.95. The van der Waals surface area contributed by atoms with Crippen LogP contribution in [-0.4, -0.2) is 38.3 Å². The quantitative estimate of drug-likeness (QED) is 0.180. The van der Waals surface area contributed by atoms with E-state index in [0.29, 0.717) is 52.9 Å². The first-order chi connectivity index (χ1) is 21.0. The second-order valence-corrected chi connectivity index (χ2v) is 10.4. The minimum Gasteiger partial charge on any atom is -0.478 e. The van der Waals surface area contributed by atoms with E-state index >= 15 is 4.39 Å². The van der Waals surface area contributed by atoms with Gasteiger partial charge in [0.05, 0.1) is 40.5 Å². The molecule has 0 aliphatic carbocycles. The topological polar surface area (TPSA) is 86.5 Å². The van der Waals surface area contributed by atoms with Gasteiger partial charge in [-0.2, -0.15) is 13.2 Å². The molecule has 1 saturated heterocycles. The molecule has 0 bridgehead atoms. The van der Waals surface area contributed by atoms with Crippen molar-refractivity contribution in [2.24, 2.45) is 0 Å². The Bertz CT molecular complexity index is 1870. The van der Waals surface area contributed by atoms with Crippen molar-refractivity contribution >= 4 is 17.0 Å². The van der Waals surface area contributed by atoms with E-state index in [-0.39, 0.29) is 36.1 Å². The van der Waals surface area contributed by atoms with Gasteiger partial charge in [-0.15, -0.1) is 0 Å². The number of pyridine rings is 1. The number of carbonyl (C=O) groups is 1. The number of imidazole rings is 1. The molecule has 1 aliphatic rings. The van der Waals surface area contributed by atoms with E-state index < -0.39 is 29.3 Å². The highest BCUT2D eigenvalue weighted by Gasteiger charge is 2.31. The number of rotatable bonds is 9. The molecule has 5 aromatic rings. The molecule has 44 heavy (non-hydrogen) atoms. The second-order valence-electron chi connectivity index (χ2n) is 10.4. The van der Waals surface area contributed by atoms with Crippen molar-refractivity contribution in [2.75, 3.05) is 6.61 Å². The van der Waals surface area contributed by atoms with Crippen LogP contribution >= 0.6 is 0 Å². The molecule has 1 aliphatic heterocycles. The standard InChI is InChI=1S/C32H24F5N3O4/c33-24-12-19(26-2-1-3-30(39-26)44-17-21-6-8-22(15-25(21)34)32(35,36)37)5-4-18(24)14-29-38-27-9-7-20(31(41)42)13-28(27)40(29)16-23-10-11-43-23/h1-9,12-13,15,23H,10-11,14,16-17H2,(H,41,42). The maximum atomic E-state index is 15.4. The highest BCUT2D eigenvalue weighted by atomic mass is 19.4. The predicted molar refractivity (Wildman–Crippen MR) is 149 cm³/mol. The lowest BCUT2D eigenvalue weighted by atomic mass is 10.1. The summed E-state index contributed by atoms with van der Waals surface area (Å²) in [6, 6.07) is 16.2. The molecule has 226 valence electrons. The van der Waals surface area contributed by atoms with Gasteiger partial charge in [0, 0.05) is 30.2 Å². The van der Waals surface area contributed by atoms with Gasteiger partial charge in [0.2, 0.25) is 5.88 Å². The number of carboxylic acids is 1. The summed E-state index contributed by atoms with van der Waals surface area (Å²) < 4.78 is 81.1. The number of ether oxygens (including phenoxy) is 2. The summed E-state index contributed by atoms with van der Waals surface area (Å²) in [5, 5.41) is 9.45. The summed E-state index contributed by atoms with van der Waals surface area (Å²) in [6.45, 7) is 0.756. The van der Waals surface area contributed by atoms with E-state index in [1.165, 1.54) is 18.2 Å². The Labute approximate surface area is 247 Å². The Morgan fingerprint density at radius 3 is 2.43 bits per heavy atom. The van der Waals surface area contributed by atoms with Crippen molar-refractivity contribution in [3.63, 3.8) is 0 Å². The average Bonchev–Trinajstić information content (AvgIpc) is 3.30. The smallest absolute Gasteiger partial charge is 0.416 e. The van der Waals surface area contributed by atoms with Crippen LogP contribution in [0.5, 0.6) is 5.88 Å². The number of hydrogen-bond donors (Lipinski definition) is 1. The van der Waals surface area contributed by atoms with Crippen molar-refractivity contribution in [3.05, 3.63) is 113 Å². The van der Waals surface area contributed by atoms with Crippen LogP contribution < -0.4 is 4.74 Å². The highest BCUT2D eigenvalue weighted by Crippen LogP contribution is 2.31. The normalized spacial score (nSPS) is 14.9. The highest BCUT2D eigenvalue weighted by molar-refractivity contribution is 5.92. The van der Waals surface area contributed by atoms with E-state index in [9.17, 15) is 27.5 Å². The number of hydrogen-bond acceptors (Lipinski definition) is 5. The van der Waals surface area contributed by atoms with E-state index in [1.807, 2.05) is 4.57 Å². The molecular formula is C32H24F5N3O4. The number of alkyl halides is 3. The summed E-state index contributed by atoms with van der Waals surface area (Å²) >= 11 is 0. The number of aromatic carboxylic acids is 1. The number of halogens is 5. The van der Waals surface area contributed by atoms with Gasteiger partial charge in [0.15, 0.2) is 0 Å². The van der Waals surface area contributed by atoms with Crippen LogP contribution in [0.25, 0.3) is 22.3 Å². The maximum absolute atomic E-state index is 15.4. The molecule has 12 heteroatoms. The molecule has 3 aromatic carbocycles. The monoisotopic (exact) mass is 609 g/mol. The van der Waals surface area contributed by atoms with Crippen LogP contribution in [-0.2, 0) is 30.5 Å². The summed E-state index contributed by atoms with van der Waals surface area (Å²) in [5.41, 5.74) is 1.36. The zero-order valence-corrected chi connectivity index (χ0v) is 22.9. The van der Waals surface area contributed by atoms with Gasteiger partial charge in [-0.3, -0.25) is 0 Å². The van der Waals surface area contributed by atoms with Gasteiger partial charge >= 0.3 is 12.1 Å². The molecule has 0 radical (unpaired) electrons. The van der Waals surface area contributed by atoms with Gasteiger partial charge in [0.1, 0.15) is 24.1 Å². The minimum absolute atomic E-state index is 0.0387. The van der Waals surface area contributed by atoms with Crippen molar-refractivity contribution in [2.45, 2.75) is 38.3 Å². The zero-order valence-electron chi connectivity index (χ0n) is 22.9.